The Morgan fingerprint density at radius 2 is 1.90 bits per heavy atom. The van der Waals surface area contributed by atoms with Crippen molar-refractivity contribution in [2.24, 2.45) is 0 Å². The van der Waals surface area contributed by atoms with Crippen molar-refractivity contribution in [3.63, 3.8) is 0 Å². The van der Waals surface area contributed by atoms with Gasteiger partial charge >= 0.3 is 6.09 Å². The Balaban J connectivity index is 2.82. The first kappa shape index (κ1) is 15.9. The predicted octanol–water partition coefficient (Wildman–Crippen LogP) is 2.84. The summed E-state index contributed by atoms with van der Waals surface area (Å²) >= 11 is 0. The van der Waals surface area contributed by atoms with Gasteiger partial charge in [-0.1, -0.05) is 29.8 Å². The summed E-state index contributed by atoms with van der Waals surface area (Å²) in [7, 11) is 0. The number of amides is 1. The Morgan fingerprint density at radius 3 is 2.35 bits per heavy atom. The largest absolute Gasteiger partial charge is 0.444 e. The van der Waals surface area contributed by atoms with Crippen LogP contribution in [0.15, 0.2) is 24.3 Å². The molecule has 0 bridgehead atoms. The average Bonchev–Trinajstić information content (AvgIpc) is 2.25. The van der Waals surface area contributed by atoms with E-state index < -0.39 is 22.7 Å². The number of nitrogens with zero attached hydrogens (tertiary/aromatic N) is 1. The van der Waals surface area contributed by atoms with E-state index in [1.165, 1.54) is 0 Å². The molecule has 0 aromatic heterocycles. The third-order valence-corrected chi connectivity index (χ3v) is 2.50. The van der Waals surface area contributed by atoms with Crippen LogP contribution in [0.2, 0.25) is 0 Å². The van der Waals surface area contributed by atoms with Crippen LogP contribution in [-0.4, -0.2) is 23.2 Å². The molecule has 0 heterocycles. The van der Waals surface area contributed by atoms with E-state index in [1.54, 1.807) is 32.9 Å². The zero-order chi connectivity index (χ0) is 15.3. The highest BCUT2D eigenvalue weighted by Crippen LogP contribution is 2.16. The smallest absolute Gasteiger partial charge is 0.408 e. The van der Waals surface area contributed by atoms with E-state index in [1.807, 2.05) is 19.1 Å². The molecule has 20 heavy (non-hydrogen) atoms. The molecule has 0 saturated heterocycles. The van der Waals surface area contributed by atoms with Gasteiger partial charge in [0.05, 0.1) is 0 Å². The summed E-state index contributed by atoms with van der Waals surface area (Å²) in [5.41, 5.74) is 1.08. The lowest BCUT2D eigenvalue weighted by molar-refractivity contribution is -0.484. The molecule has 0 unspecified atom stereocenters. The average molecular weight is 280 g/mol. The number of carbonyl (C=O) groups excluding carboxylic acids is 1. The van der Waals surface area contributed by atoms with Gasteiger partial charge in [-0.25, -0.2) is 4.79 Å². The van der Waals surface area contributed by atoms with Crippen molar-refractivity contribution in [3.8, 4) is 0 Å². The van der Waals surface area contributed by atoms with Gasteiger partial charge in [-0.2, -0.15) is 0 Å². The molecule has 0 aliphatic rings. The number of nitrogens with one attached hydrogen (secondary N) is 1. The molecule has 1 N–H and O–H groups in total. The van der Waals surface area contributed by atoms with Crippen molar-refractivity contribution in [3.05, 3.63) is 45.5 Å². The van der Waals surface area contributed by atoms with E-state index in [0.717, 1.165) is 5.56 Å². The molecule has 1 amide bonds. The molecular formula is C14H20N2O4. The fourth-order valence-corrected chi connectivity index (χ4v) is 1.63. The summed E-state index contributed by atoms with van der Waals surface area (Å²) in [6.45, 7) is 6.75. The maximum atomic E-state index is 11.7. The number of nitro groups is 1. The minimum atomic E-state index is -0.708. The van der Waals surface area contributed by atoms with Crippen LogP contribution in [-0.2, 0) is 4.74 Å². The maximum absolute atomic E-state index is 11.7. The molecule has 6 nitrogen and oxygen atoms in total. The van der Waals surface area contributed by atoms with Crippen LogP contribution in [0.3, 0.4) is 0 Å². The third kappa shape index (κ3) is 5.69. The zero-order valence-electron chi connectivity index (χ0n) is 12.2. The molecule has 110 valence electrons. The highest BCUT2D eigenvalue weighted by atomic mass is 16.6. The van der Waals surface area contributed by atoms with Gasteiger partial charge in [0.15, 0.2) is 0 Å². The molecule has 0 spiro atoms. The molecule has 0 aliphatic carbocycles. The lowest BCUT2D eigenvalue weighted by atomic mass is 10.1. The quantitative estimate of drug-likeness (QED) is 0.679. The Morgan fingerprint density at radius 1 is 1.35 bits per heavy atom. The first-order valence-electron chi connectivity index (χ1n) is 6.35. The minimum Gasteiger partial charge on any atom is -0.444 e. The minimum absolute atomic E-state index is 0.387. The Bertz CT molecular complexity index is 477. The number of rotatable bonds is 4. The number of carbonyl (C=O) groups is 1. The van der Waals surface area contributed by atoms with E-state index in [9.17, 15) is 14.9 Å². The van der Waals surface area contributed by atoms with E-state index in [2.05, 4.69) is 5.32 Å². The number of hydrogen-bond acceptors (Lipinski definition) is 4. The van der Waals surface area contributed by atoms with E-state index >= 15 is 0 Å². The number of benzene rings is 1. The van der Waals surface area contributed by atoms with Crippen LogP contribution in [0, 0.1) is 17.0 Å². The van der Waals surface area contributed by atoms with Crippen LogP contribution in [0.1, 0.15) is 37.9 Å². The lowest BCUT2D eigenvalue weighted by Crippen LogP contribution is -2.37. The van der Waals surface area contributed by atoms with Crippen LogP contribution in [0.25, 0.3) is 0 Å². The molecule has 1 atom stereocenters. The normalized spacial score (nSPS) is 12.6. The molecule has 1 rings (SSSR count). The summed E-state index contributed by atoms with van der Waals surface area (Å²) in [5.74, 6) is 0. The number of ether oxygens (including phenoxy) is 1. The highest BCUT2D eigenvalue weighted by Gasteiger charge is 2.23. The topological polar surface area (TPSA) is 81.5 Å². The van der Waals surface area contributed by atoms with Crippen LogP contribution >= 0.6 is 0 Å². The zero-order valence-corrected chi connectivity index (χ0v) is 12.2. The van der Waals surface area contributed by atoms with Gasteiger partial charge < -0.3 is 10.1 Å². The summed E-state index contributed by atoms with van der Waals surface area (Å²) in [6.07, 6.45) is -0.662. The molecule has 1 aromatic carbocycles. The monoisotopic (exact) mass is 280 g/mol. The Kier molecular flexibility index (Phi) is 5.07. The van der Waals surface area contributed by atoms with Gasteiger partial charge in [0.2, 0.25) is 6.54 Å². The van der Waals surface area contributed by atoms with Gasteiger partial charge in [0, 0.05) is 4.92 Å². The Labute approximate surface area is 118 Å². The number of hydrogen-bond donors (Lipinski definition) is 1. The molecule has 0 aliphatic heterocycles. The SMILES string of the molecule is Cc1ccc([C@@H](C[N+](=O)[O-])NC(=O)OC(C)(C)C)cc1. The fraction of sp³-hybridized carbons (Fsp3) is 0.500. The summed E-state index contributed by atoms with van der Waals surface area (Å²) < 4.78 is 5.12. The highest BCUT2D eigenvalue weighted by molar-refractivity contribution is 5.68. The summed E-state index contributed by atoms with van der Waals surface area (Å²) in [4.78, 5) is 22.0. The van der Waals surface area contributed by atoms with Gasteiger partial charge in [-0.05, 0) is 33.3 Å². The van der Waals surface area contributed by atoms with Gasteiger partial charge in [0.25, 0.3) is 0 Å². The van der Waals surface area contributed by atoms with Crippen molar-refractivity contribution in [1.82, 2.24) is 5.32 Å². The molecule has 0 radical (unpaired) electrons. The molecule has 1 aromatic rings. The fourth-order valence-electron chi connectivity index (χ4n) is 1.63. The van der Waals surface area contributed by atoms with Crippen molar-refractivity contribution >= 4 is 6.09 Å². The molecular weight excluding hydrogens is 260 g/mol. The maximum Gasteiger partial charge on any atom is 0.408 e. The second kappa shape index (κ2) is 6.36. The summed E-state index contributed by atoms with van der Waals surface area (Å²) in [6, 6.07) is 6.51. The first-order valence-corrected chi connectivity index (χ1v) is 6.35. The van der Waals surface area contributed by atoms with Crippen LogP contribution in [0.5, 0.6) is 0 Å². The predicted molar refractivity (Wildman–Crippen MR) is 75.2 cm³/mol. The molecule has 0 saturated carbocycles. The van der Waals surface area contributed by atoms with Gasteiger partial charge in [-0.3, -0.25) is 10.1 Å². The van der Waals surface area contributed by atoms with Crippen LogP contribution in [0.4, 0.5) is 4.79 Å². The standard InChI is InChI=1S/C14H20N2O4/c1-10-5-7-11(8-6-10)12(9-16(18)19)15-13(17)20-14(2,3)4/h5-8,12H,9H2,1-4H3,(H,15,17)/t12-/m1/s1. The van der Waals surface area contributed by atoms with Crippen molar-refractivity contribution in [1.29, 1.82) is 0 Å². The first-order chi connectivity index (χ1) is 9.17. The molecule has 6 heteroatoms. The third-order valence-electron chi connectivity index (χ3n) is 2.50. The summed E-state index contributed by atoms with van der Waals surface area (Å²) in [5, 5.41) is 13.3. The van der Waals surface area contributed by atoms with Crippen molar-refractivity contribution < 1.29 is 14.5 Å². The lowest BCUT2D eigenvalue weighted by Gasteiger charge is -2.22. The number of aryl methyl sites for hydroxylation is 1. The van der Waals surface area contributed by atoms with E-state index in [-0.39, 0.29) is 6.54 Å². The molecule has 0 fully saturated rings. The van der Waals surface area contributed by atoms with Crippen LogP contribution < -0.4 is 5.32 Å². The Hall–Kier alpha value is -2.11. The van der Waals surface area contributed by atoms with Crippen molar-refractivity contribution in [2.45, 2.75) is 39.3 Å². The second-order valence-corrected chi connectivity index (χ2v) is 5.62. The van der Waals surface area contributed by atoms with E-state index in [4.69, 9.17) is 4.74 Å². The van der Waals surface area contributed by atoms with E-state index in [0.29, 0.717) is 5.56 Å². The number of alkyl carbamates (subject to hydrolysis) is 1. The van der Waals surface area contributed by atoms with Gasteiger partial charge in [-0.15, -0.1) is 0 Å². The van der Waals surface area contributed by atoms with Gasteiger partial charge in [0.1, 0.15) is 11.6 Å². The van der Waals surface area contributed by atoms with Crippen molar-refractivity contribution in [2.75, 3.05) is 6.54 Å². The second-order valence-electron chi connectivity index (χ2n) is 5.62.